The molecule has 56 heavy (non-hydrogen) atoms. The number of aromatic amines is 1. The number of nitrogens with zero attached hydrogens (tertiary/aromatic N) is 6. The number of piperidine rings is 1. The molecule has 4 atom stereocenters. The molecule has 0 saturated carbocycles. The molecule has 3 aliphatic heterocycles. The molecule has 4 aromatic rings. The molecule has 0 amide bonds. The second-order valence-electron chi connectivity index (χ2n) is 15.1. The Balaban J connectivity index is 1.01. The molecule has 0 radical (unpaired) electrons. The van der Waals surface area contributed by atoms with E-state index < -0.39 is 46.1 Å². The first-order valence-electron chi connectivity index (χ1n) is 19.2. The van der Waals surface area contributed by atoms with Crippen LogP contribution >= 0.6 is 0 Å². The van der Waals surface area contributed by atoms with Crippen molar-refractivity contribution in [1.82, 2.24) is 24.8 Å². The van der Waals surface area contributed by atoms with Gasteiger partial charge in [-0.05, 0) is 81.8 Å². The number of esters is 1. The molecule has 1 unspecified atom stereocenters. The summed E-state index contributed by atoms with van der Waals surface area (Å²) in [5.41, 5.74) is 1.43. The molecule has 3 saturated heterocycles. The molecule has 300 valence electrons. The number of aromatic nitrogens is 2. The molecule has 0 aliphatic carbocycles. The van der Waals surface area contributed by atoms with E-state index in [1.807, 2.05) is 19.1 Å². The minimum atomic E-state index is -3.06. The number of anilines is 2. The van der Waals surface area contributed by atoms with Crippen LogP contribution in [-0.2, 0) is 20.8 Å². The molecule has 12 nitrogen and oxygen atoms in total. The Morgan fingerprint density at radius 2 is 1.71 bits per heavy atom. The van der Waals surface area contributed by atoms with Crippen molar-refractivity contribution in [1.29, 1.82) is 0 Å². The summed E-state index contributed by atoms with van der Waals surface area (Å²) in [4.78, 5) is 40.4. The summed E-state index contributed by atoms with van der Waals surface area (Å²) in [7, 11) is 0. The third kappa shape index (κ3) is 8.35. The number of hydrogen-bond donors (Lipinski definition) is 1. The van der Waals surface area contributed by atoms with Crippen LogP contribution in [0.25, 0.3) is 22.2 Å². The van der Waals surface area contributed by atoms with Gasteiger partial charge >= 0.3 is 5.97 Å². The van der Waals surface area contributed by atoms with Crippen LogP contribution < -0.4 is 9.31 Å². The number of ether oxygens (including phenoxy) is 1. The number of hydrazine groups is 1. The van der Waals surface area contributed by atoms with Crippen LogP contribution in [0.2, 0.25) is 0 Å². The van der Waals surface area contributed by atoms with Crippen molar-refractivity contribution in [2.45, 2.75) is 58.3 Å². The van der Waals surface area contributed by atoms with E-state index in [-0.39, 0.29) is 43.1 Å². The third-order valence-corrected chi connectivity index (χ3v) is 12.0. The van der Waals surface area contributed by atoms with E-state index >= 15 is 8.78 Å². The van der Waals surface area contributed by atoms with Gasteiger partial charge in [0.2, 0.25) is 5.78 Å². The number of rotatable bonds is 12. The van der Waals surface area contributed by atoms with Crippen molar-refractivity contribution in [2.24, 2.45) is 5.92 Å². The SMILES string of the molecule is CCOC(=O)CN1[C@H](C)CN(CC2CCN(c3ccc(-c4cnc5[nH]cc(C(=O)c6c(F)ccc(N(N7CC[C@@H](F)C7)S(=O)[O-])c6F)c5c4)cc3)CC2)C[C@@H]1C. The van der Waals surface area contributed by atoms with E-state index in [1.165, 1.54) is 6.20 Å². The summed E-state index contributed by atoms with van der Waals surface area (Å²) in [6.07, 6.45) is 3.87. The Morgan fingerprint density at radius 1 is 1.00 bits per heavy atom. The lowest BCUT2D eigenvalue weighted by atomic mass is 9.94. The highest BCUT2D eigenvalue weighted by atomic mass is 32.2. The smallest absolute Gasteiger partial charge is 0.320 e. The molecule has 2 aromatic carbocycles. The van der Waals surface area contributed by atoms with Crippen molar-refractivity contribution < 1.29 is 36.3 Å². The quantitative estimate of drug-likeness (QED) is 0.112. The van der Waals surface area contributed by atoms with Gasteiger partial charge in [0.15, 0.2) is 5.82 Å². The Hall–Kier alpha value is -4.35. The normalized spacial score (nSPS) is 22.1. The monoisotopic (exact) mass is 794 g/mol. The Morgan fingerprint density at radius 3 is 2.36 bits per heavy atom. The summed E-state index contributed by atoms with van der Waals surface area (Å²) >= 11 is -3.06. The average molecular weight is 795 g/mol. The number of nitrogens with one attached hydrogen (secondary N) is 1. The third-order valence-electron chi connectivity index (χ3n) is 11.3. The summed E-state index contributed by atoms with van der Waals surface area (Å²) < 4.78 is 75.0. The maximum Gasteiger partial charge on any atom is 0.320 e. The first-order chi connectivity index (χ1) is 26.9. The van der Waals surface area contributed by atoms with Crippen molar-refractivity contribution in [3.63, 3.8) is 0 Å². The van der Waals surface area contributed by atoms with Gasteiger partial charge in [0, 0.05) is 85.9 Å². The number of fused-ring (bicyclic) bond motifs is 1. The fourth-order valence-electron chi connectivity index (χ4n) is 8.46. The lowest BCUT2D eigenvalue weighted by molar-refractivity contribution is -0.146. The molecular weight excluding hydrogens is 748 g/mol. The van der Waals surface area contributed by atoms with Crippen LogP contribution in [0.1, 0.15) is 56.0 Å². The molecule has 3 fully saturated rings. The van der Waals surface area contributed by atoms with Gasteiger partial charge < -0.3 is 19.2 Å². The number of halogens is 3. The highest BCUT2D eigenvalue weighted by Crippen LogP contribution is 2.34. The molecule has 3 aliphatic rings. The standard InChI is InChI=1S/C40H48F3N7O5S/c1-4-55-36(51)24-49-25(2)20-46(21-26(49)3)22-27-11-14-47(15-12-27)31-7-5-28(6-8-31)29-17-32-33(19-45-40(32)44-18-29)39(52)37-34(42)9-10-35(38(37)43)50(56(53)54)48-16-13-30(41)23-48/h5-10,17-19,25-27,30H,4,11-16,20-24H2,1-3H3,(H,44,45)(H,53,54)/p-1/t25-,26+,30-/m1/s1. The van der Waals surface area contributed by atoms with Gasteiger partial charge in [0.25, 0.3) is 0 Å². The van der Waals surface area contributed by atoms with Gasteiger partial charge in [-0.15, -0.1) is 0 Å². The molecule has 5 heterocycles. The van der Waals surface area contributed by atoms with Crippen molar-refractivity contribution >= 4 is 45.4 Å². The average Bonchev–Trinajstić information content (AvgIpc) is 3.80. The van der Waals surface area contributed by atoms with Crippen molar-refractivity contribution in [2.75, 3.05) is 68.3 Å². The Bertz CT molecular complexity index is 2070. The van der Waals surface area contributed by atoms with E-state index in [0.717, 1.165) is 74.0 Å². The summed E-state index contributed by atoms with van der Waals surface area (Å²) in [6.45, 7) is 11.4. The number of H-pyrrole nitrogens is 1. The van der Waals surface area contributed by atoms with Crippen LogP contribution in [0.3, 0.4) is 0 Å². The van der Waals surface area contributed by atoms with Gasteiger partial charge in [-0.2, -0.15) is 0 Å². The number of benzene rings is 2. The van der Waals surface area contributed by atoms with Crippen molar-refractivity contribution in [3.8, 4) is 11.1 Å². The number of hydrogen-bond acceptors (Lipinski definition) is 10. The fourth-order valence-corrected chi connectivity index (χ4v) is 9.10. The minimum Gasteiger partial charge on any atom is -0.754 e. The van der Waals surface area contributed by atoms with Crippen LogP contribution in [0.5, 0.6) is 0 Å². The molecular formula is C40H47F3N7O5S-. The van der Waals surface area contributed by atoms with E-state index in [9.17, 15) is 22.7 Å². The molecule has 0 spiro atoms. The predicted molar refractivity (Wildman–Crippen MR) is 207 cm³/mol. The van der Waals surface area contributed by atoms with Gasteiger partial charge in [-0.3, -0.25) is 23.6 Å². The highest BCUT2D eigenvalue weighted by molar-refractivity contribution is 7.80. The van der Waals surface area contributed by atoms with Gasteiger partial charge in [0.05, 0.1) is 36.5 Å². The molecule has 7 rings (SSSR count). The second-order valence-corrected chi connectivity index (χ2v) is 15.8. The number of carbonyl (C=O) groups excluding carboxylic acids is 2. The summed E-state index contributed by atoms with van der Waals surface area (Å²) in [5.74, 6) is -3.10. The highest BCUT2D eigenvalue weighted by Gasteiger charge is 2.34. The maximum atomic E-state index is 16.0. The zero-order valence-corrected chi connectivity index (χ0v) is 32.6. The number of piperazine rings is 1. The van der Waals surface area contributed by atoms with E-state index in [2.05, 4.69) is 50.6 Å². The zero-order valence-electron chi connectivity index (χ0n) is 31.8. The number of carbonyl (C=O) groups is 2. The summed E-state index contributed by atoms with van der Waals surface area (Å²) in [5, 5.41) is 1.45. The Labute approximate surface area is 327 Å². The van der Waals surface area contributed by atoms with E-state index in [1.54, 1.807) is 12.3 Å². The molecule has 1 N–H and O–H groups in total. The second kappa shape index (κ2) is 17.0. The lowest BCUT2D eigenvalue weighted by Gasteiger charge is -2.45. The van der Waals surface area contributed by atoms with Gasteiger partial charge in [-0.25, -0.2) is 27.6 Å². The first kappa shape index (κ1) is 39.9. The van der Waals surface area contributed by atoms with Crippen LogP contribution in [0.4, 0.5) is 24.5 Å². The lowest BCUT2D eigenvalue weighted by Crippen LogP contribution is -2.58. The first-order valence-corrected chi connectivity index (χ1v) is 20.2. The maximum absolute atomic E-state index is 16.0. The fraction of sp³-hybridized carbons (Fsp3) is 0.475. The summed E-state index contributed by atoms with van der Waals surface area (Å²) in [6, 6.07) is 12.1. The van der Waals surface area contributed by atoms with E-state index in [4.69, 9.17) is 4.74 Å². The van der Waals surface area contributed by atoms with Gasteiger partial charge in [0.1, 0.15) is 23.3 Å². The zero-order chi connectivity index (χ0) is 39.7. The van der Waals surface area contributed by atoms with Crippen molar-refractivity contribution in [3.05, 3.63) is 77.6 Å². The van der Waals surface area contributed by atoms with Gasteiger partial charge in [-0.1, -0.05) is 12.1 Å². The number of alkyl halides is 1. The predicted octanol–water partition coefficient (Wildman–Crippen LogP) is 5.47. The molecule has 16 heteroatoms. The number of ketones is 1. The van der Waals surface area contributed by atoms with Crippen LogP contribution in [-0.4, -0.2) is 123 Å². The molecule has 0 bridgehead atoms. The Kier molecular flexibility index (Phi) is 12.1. The molecule has 2 aromatic heterocycles. The number of pyridine rings is 1. The minimum absolute atomic E-state index is 0.00522. The topological polar surface area (TPSA) is 128 Å². The van der Waals surface area contributed by atoms with Crippen LogP contribution in [0.15, 0.2) is 54.9 Å². The van der Waals surface area contributed by atoms with Crippen LogP contribution in [0, 0.1) is 17.6 Å². The largest absolute Gasteiger partial charge is 0.754 e. The van der Waals surface area contributed by atoms with E-state index in [0.29, 0.717) is 40.1 Å².